The van der Waals surface area contributed by atoms with Crippen molar-refractivity contribution in [2.75, 3.05) is 11.9 Å². The molecular weight excluding hydrogens is 330 g/mol. The molecule has 0 radical (unpaired) electrons. The summed E-state index contributed by atoms with van der Waals surface area (Å²) in [5, 5.41) is 24.6. The van der Waals surface area contributed by atoms with Gasteiger partial charge in [0.1, 0.15) is 11.3 Å². The maximum atomic E-state index is 11.6. The monoisotopic (exact) mass is 353 g/mol. The van der Waals surface area contributed by atoms with Gasteiger partial charge in [-0.15, -0.1) is 0 Å². The summed E-state index contributed by atoms with van der Waals surface area (Å²) in [7, 11) is 0. The lowest BCUT2D eigenvalue weighted by atomic mass is 10.1. The van der Waals surface area contributed by atoms with Gasteiger partial charge in [0.2, 0.25) is 0 Å². The number of nitrogens with one attached hydrogen (secondary N) is 1. The predicted molar refractivity (Wildman–Crippen MR) is 92.6 cm³/mol. The standard InChI is InChI=1S/C16H23N3O6/c1-16(2,3)25-15(20)7-5-4-6-10-17-13-9-8-12(18(21)22)11-14(13)19(23)24/h8-9,11,17H,4-7,10H2,1-3H3. The molecule has 25 heavy (non-hydrogen) atoms. The van der Waals surface area contributed by atoms with Crippen molar-refractivity contribution in [2.45, 2.75) is 52.1 Å². The van der Waals surface area contributed by atoms with E-state index in [2.05, 4.69) is 5.32 Å². The van der Waals surface area contributed by atoms with E-state index in [1.807, 2.05) is 20.8 Å². The van der Waals surface area contributed by atoms with Crippen molar-refractivity contribution in [1.82, 2.24) is 0 Å². The van der Waals surface area contributed by atoms with Crippen LogP contribution in [-0.2, 0) is 9.53 Å². The number of nitrogens with zero attached hydrogens (tertiary/aromatic N) is 2. The van der Waals surface area contributed by atoms with Crippen molar-refractivity contribution in [3.05, 3.63) is 38.4 Å². The van der Waals surface area contributed by atoms with Gasteiger partial charge in [0, 0.05) is 19.0 Å². The van der Waals surface area contributed by atoms with Crippen LogP contribution in [0, 0.1) is 20.2 Å². The van der Waals surface area contributed by atoms with Crippen molar-refractivity contribution in [3.63, 3.8) is 0 Å². The number of ether oxygens (including phenoxy) is 1. The normalized spacial score (nSPS) is 11.0. The number of nitro groups is 2. The first-order valence-corrected chi connectivity index (χ1v) is 7.99. The minimum absolute atomic E-state index is 0.239. The van der Waals surface area contributed by atoms with Crippen molar-refractivity contribution in [1.29, 1.82) is 0 Å². The minimum Gasteiger partial charge on any atom is -0.460 e. The second kappa shape index (κ2) is 8.95. The molecule has 0 fully saturated rings. The number of rotatable bonds is 9. The smallest absolute Gasteiger partial charge is 0.306 e. The first-order chi connectivity index (χ1) is 11.6. The fraction of sp³-hybridized carbons (Fsp3) is 0.562. The number of hydrogen-bond acceptors (Lipinski definition) is 7. The van der Waals surface area contributed by atoms with Crippen molar-refractivity contribution in [2.24, 2.45) is 0 Å². The molecule has 0 aliphatic carbocycles. The Balaban J connectivity index is 2.40. The van der Waals surface area contributed by atoms with Crippen LogP contribution in [-0.4, -0.2) is 28.0 Å². The lowest BCUT2D eigenvalue weighted by molar-refractivity contribution is -0.393. The molecule has 1 aromatic carbocycles. The van der Waals surface area contributed by atoms with E-state index in [1.54, 1.807) is 0 Å². The van der Waals surface area contributed by atoms with Crippen LogP contribution in [0.5, 0.6) is 0 Å². The van der Waals surface area contributed by atoms with Gasteiger partial charge in [0.05, 0.1) is 15.9 Å². The van der Waals surface area contributed by atoms with Gasteiger partial charge in [-0.2, -0.15) is 0 Å². The molecule has 0 spiro atoms. The van der Waals surface area contributed by atoms with Crippen LogP contribution in [0.2, 0.25) is 0 Å². The maximum absolute atomic E-state index is 11.6. The summed E-state index contributed by atoms with van der Waals surface area (Å²) in [6.45, 7) is 5.90. The first-order valence-electron chi connectivity index (χ1n) is 7.99. The van der Waals surface area contributed by atoms with Crippen LogP contribution in [0.25, 0.3) is 0 Å². The number of benzene rings is 1. The van der Waals surface area contributed by atoms with Crippen LogP contribution >= 0.6 is 0 Å². The van der Waals surface area contributed by atoms with Gasteiger partial charge < -0.3 is 10.1 Å². The molecule has 9 nitrogen and oxygen atoms in total. The summed E-state index contributed by atoms with van der Waals surface area (Å²) in [6.07, 6.45) is 2.46. The van der Waals surface area contributed by atoms with Gasteiger partial charge in [-0.25, -0.2) is 0 Å². The Hall–Kier alpha value is -2.71. The van der Waals surface area contributed by atoms with Crippen molar-refractivity contribution in [3.8, 4) is 0 Å². The Bertz CT molecular complexity index is 639. The highest BCUT2D eigenvalue weighted by Crippen LogP contribution is 2.28. The molecule has 1 aromatic rings. The second-order valence-electron chi connectivity index (χ2n) is 6.54. The number of hydrogen-bond donors (Lipinski definition) is 1. The molecule has 0 saturated heterocycles. The fourth-order valence-corrected chi connectivity index (χ4v) is 2.12. The third-order valence-corrected chi connectivity index (χ3v) is 3.18. The molecule has 0 aromatic heterocycles. The molecule has 0 heterocycles. The van der Waals surface area contributed by atoms with Crippen molar-refractivity contribution < 1.29 is 19.4 Å². The molecule has 0 aliphatic rings. The van der Waals surface area contributed by atoms with Crippen LogP contribution in [0.3, 0.4) is 0 Å². The van der Waals surface area contributed by atoms with Gasteiger partial charge in [0.15, 0.2) is 0 Å². The second-order valence-corrected chi connectivity index (χ2v) is 6.54. The summed E-state index contributed by atoms with van der Waals surface area (Å²) in [4.78, 5) is 31.9. The van der Waals surface area contributed by atoms with Gasteiger partial charge in [0.25, 0.3) is 11.4 Å². The largest absolute Gasteiger partial charge is 0.460 e. The third kappa shape index (κ3) is 7.60. The highest BCUT2D eigenvalue weighted by atomic mass is 16.6. The fourth-order valence-electron chi connectivity index (χ4n) is 2.12. The van der Waals surface area contributed by atoms with E-state index in [1.165, 1.54) is 12.1 Å². The van der Waals surface area contributed by atoms with E-state index in [0.717, 1.165) is 12.5 Å². The van der Waals surface area contributed by atoms with Gasteiger partial charge in [-0.3, -0.25) is 25.0 Å². The average Bonchev–Trinajstić information content (AvgIpc) is 2.48. The van der Waals surface area contributed by atoms with Gasteiger partial charge >= 0.3 is 5.97 Å². The van der Waals surface area contributed by atoms with Crippen LogP contribution < -0.4 is 5.32 Å². The topological polar surface area (TPSA) is 125 Å². The quantitative estimate of drug-likeness (QED) is 0.309. The van der Waals surface area contributed by atoms with E-state index in [4.69, 9.17) is 4.74 Å². The zero-order valence-corrected chi connectivity index (χ0v) is 14.6. The maximum Gasteiger partial charge on any atom is 0.306 e. The molecule has 138 valence electrons. The number of carbonyl (C=O) groups excluding carboxylic acids is 1. The molecule has 0 saturated carbocycles. The van der Waals surface area contributed by atoms with E-state index in [0.29, 0.717) is 25.8 Å². The number of nitro benzene ring substituents is 2. The Morgan fingerprint density at radius 3 is 2.36 bits per heavy atom. The number of anilines is 1. The molecule has 0 unspecified atom stereocenters. The number of unbranched alkanes of at least 4 members (excludes halogenated alkanes) is 2. The first kappa shape index (κ1) is 20.3. The average molecular weight is 353 g/mol. The van der Waals surface area contributed by atoms with Gasteiger partial charge in [-0.1, -0.05) is 6.42 Å². The number of esters is 1. The summed E-state index contributed by atoms with van der Waals surface area (Å²) in [6, 6.07) is 3.49. The minimum atomic E-state index is -0.673. The molecule has 0 aliphatic heterocycles. The summed E-state index contributed by atoms with van der Waals surface area (Å²) >= 11 is 0. The van der Waals surface area contributed by atoms with E-state index in [9.17, 15) is 25.0 Å². The number of non-ortho nitro benzene ring substituents is 1. The summed E-state index contributed by atoms with van der Waals surface area (Å²) < 4.78 is 5.20. The van der Waals surface area contributed by atoms with E-state index in [-0.39, 0.29) is 23.0 Å². The zero-order chi connectivity index (χ0) is 19.0. The van der Waals surface area contributed by atoms with Crippen molar-refractivity contribution >= 4 is 23.0 Å². The lowest BCUT2D eigenvalue weighted by Crippen LogP contribution is -2.23. The molecule has 9 heteroatoms. The summed E-state index contributed by atoms with van der Waals surface area (Å²) in [5.41, 5.74) is -0.909. The van der Waals surface area contributed by atoms with Crippen LogP contribution in [0.15, 0.2) is 18.2 Å². The van der Waals surface area contributed by atoms with Gasteiger partial charge in [-0.05, 0) is 39.7 Å². The highest BCUT2D eigenvalue weighted by Gasteiger charge is 2.19. The number of carbonyl (C=O) groups is 1. The Morgan fingerprint density at radius 1 is 1.12 bits per heavy atom. The lowest BCUT2D eigenvalue weighted by Gasteiger charge is -2.19. The zero-order valence-electron chi connectivity index (χ0n) is 14.6. The third-order valence-electron chi connectivity index (χ3n) is 3.18. The Morgan fingerprint density at radius 2 is 1.80 bits per heavy atom. The predicted octanol–water partition coefficient (Wildman–Crippen LogP) is 3.82. The molecule has 0 amide bonds. The molecular formula is C16H23N3O6. The van der Waals surface area contributed by atoms with Crippen LogP contribution in [0.4, 0.5) is 17.1 Å². The molecule has 1 N–H and O–H groups in total. The molecule has 0 bridgehead atoms. The van der Waals surface area contributed by atoms with E-state index >= 15 is 0 Å². The summed E-state index contributed by atoms with van der Waals surface area (Å²) in [5.74, 6) is -0.244. The SMILES string of the molecule is CC(C)(C)OC(=O)CCCCCNc1ccc([N+](=O)[O-])cc1[N+](=O)[O-]. The van der Waals surface area contributed by atoms with Crippen LogP contribution in [0.1, 0.15) is 46.5 Å². The Kier molecular flexibility index (Phi) is 7.28. The molecule has 1 rings (SSSR count). The highest BCUT2D eigenvalue weighted by molar-refractivity contribution is 5.69. The Labute approximate surface area is 145 Å². The molecule has 0 atom stereocenters. The van der Waals surface area contributed by atoms with E-state index < -0.39 is 15.4 Å².